The molecule has 1 aromatic rings. The highest BCUT2D eigenvalue weighted by Crippen LogP contribution is 2.20. The van der Waals surface area contributed by atoms with E-state index in [0.717, 1.165) is 11.1 Å². The molecule has 2 rings (SSSR count). The molecule has 4 heteroatoms. The Morgan fingerprint density at radius 1 is 1.50 bits per heavy atom. The Morgan fingerprint density at radius 3 is 3.00 bits per heavy atom. The van der Waals surface area contributed by atoms with Gasteiger partial charge in [0.1, 0.15) is 6.04 Å². The SMILES string of the molecule is O=C(O)C1Cc2ccc(Cl)cc2CN1. The molecule has 74 valence electrons. The van der Waals surface area contributed by atoms with Gasteiger partial charge in [-0.05, 0) is 29.7 Å². The second-order valence-corrected chi connectivity index (χ2v) is 3.83. The van der Waals surface area contributed by atoms with E-state index in [4.69, 9.17) is 16.7 Å². The minimum absolute atomic E-state index is 0.469. The fourth-order valence-corrected chi connectivity index (χ4v) is 1.85. The lowest BCUT2D eigenvalue weighted by molar-refractivity contribution is -0.139. The molecule has 0 bridgehead atoms. The van der Waals surface area contributed by atoms with Crippen LogP contribution in [0.4, 0.5) is 0 Å². The lowest BCUT2D eigenvalue weighted by Gasteiger charge is -2.23. The van der Waals surface area contributed by atoms with E-state index in [1.807, 2.05) is 12.1 Å². The monoisotopic (exact) mass is 211 g/mol. The van der Waals surface area contributed by atoms with Crippen LogP contribution in [-0.2, 0) is 17.8 Å². The van der Waals surface area contributed by atoms with E-state index >= 15 is 0 Å². The number of hydrogen-bond acceptors (Lipinski definition) is 2. The summed E-state index contributed by atoms with van der Waals surface area (Å²) >= 11 is 5.83. The minimum atomic E-state index is -0.800. The van der Waals surface area contributed by atoms with E-state index in [9.17, 15) is 4.79 Å². The zero-order valence-electron chi connectivity index (χ0n) is 7.46. The summed E-state index contributed by atoms with van der Waals surface area (Å²) in [6, 6.07) is 5.10. The predicted molar refractivity (Wildman–Crippen MR) is 53.4 cm³/mol. The maximum Gasteiger partial charge on any atom is 0.321 e. The van der Waals surface area contributed by atoms with Gasteiger partial charge in [0.15, 0.2) is 0 Å². The van der Waals surface area contributed by atoms with Crippen LogP contribution in [0.1, 0.15) is 11.1 Å². The molecule has 1 unspecified atom stereocenters. The zero-order chi connectivity index (χ0) is 10.1. The third-order valence-electron chi connectivity index (χ3n) is 2.43. The number of carbonyl (C=O) groups is 1. The molecule has 1 aliphatic rings. The van der Waals surface area contributed by atoms with Crippen molar-refractivity contribution >= 4 is 17.6 Å². The van der Waals surface area contributed by atoms with Crippen molar-refractivity contribution in [1.29, 1.82) is 0 Å². The Kier molecular flexibility index (Phi) is 2.44. The predicted octanol–water partition coefficient (Wildman–Crippen LogP) is 1.44. The molecule has 1 aliphatic heterocycles. The summed E-state index contributed by atoms with van der Waals surface area (Å²) in [5.74, 6) is -0.800. The van der Waals surface area contributed by atoms with E-state index in [0.29, 0.717) is 18.0 Å². The van der Waals surface area contributed by atoms with Crippen molar-refractivity contribution in [2.75, 3.05) is 0 Å². The molecule has 0 amide bonds. The smallest absolute Gasteiger partial charge is 0.321 e. The highest BCUT2D eigenvalue weighted by Gasteiger charge is 2.23. The van der Waals surface area contributed by atoms with Gasteiger partial charge >= 0.3 is 5.97 Å². The molecule has 1 heterocycles. The van der Waals surface area contributed by atoms with Gasteiger partial charge in [0.05, 0.1) is 0 Å². The lowest BCUT2D eigenvalue weighted by Crippen LogP contribution is -2.41. The van der Waals surface area contributed by atoms with Crippen molar-refractivity contribution in [2.24, 2.45) is 0 Å². The fraction of sp³-hybridized carbons (Fsp3) is 0.300. The van der Waals surface area contributed by atoms with Crippen LogP contribution in [0.25, 0.3) is 0 Å². The lowest BCUT2D eigenvalue weighted by atomic mass is 9.96. The van der Waals surface area contributed by atoms with Crippen molar-refractivity contribution in [1.82, 2.24) is 5.32 Å². The third kappa shape index (κ3) is 1.74. The first-order chi connectivity index (χ1) is 6.66. The number of carboxylic acids is 1. The summed E-state index contributed by atoms with van der Waals surface area (Å²) in [5, 5.41) is 12.5. The molecule has 1 aromatic carbocycles. The van der Waals surface area contributed by atoms with E-state index in [1.165, 1.54) is 0 Å². The van der Waals surface area contributed by atoms with E-state index in [2.05, 4.69) is 5.32 Å². The van der Waals surface area contributed by atoms with Crippen molar-refractivity contribution in [3.8, 4) is 0 Å². The van der Waals surface area contributed by atoms with Crippen molar-refractivity contribution in [3.05, 3.63) is 34.3 Å². The minimum Gasteiger partial charge on any atom is -0.480 e. The molecule has 3 nitrogen and oxygen atoms in total. The summed E-state index contributed by atoms with van der Waals surface area (Å²) in [5.41, 5.74) is 2.16. The average Bonchev–Trinajstić information content (AvgIpc) is 2.16. The topological polar surface area (TPSA) is 49.3 Å². The van der Waals surface area contributed by atoms with Crippen LogP contribution in [0.15, 0.2) is 18.2 Å². The van der Waals surface area contributed by atoms with Crippen LogP contribution in [0.5, 0.6) is 0 Å². The molecular formula is C10H10ClNO2. The quantitative estimate of drug-likeness (QED) is 0.739. The van der Waals surface area contributed by atoms with Crippen LogP contribution in [-0.4, -0.2) is 17.1 Å². The Hall–Kier alpha value is -1.06. The van der Waals surface area contributed by atoms with E-state index < -0.39 is 12.0 Å². The maximum atomic E-state index is 10.7. The van der Waals surface area contributed by atoms with Gasteiger partial charge in [-0.25, -0.2) is 0 Å². The van der Waals surface area contributed by atoms with Gasteiger partial charge in [0, 0.05) is 11.6 Å². The molecular weight excluding hydrogens is 202 g/mol. The first-order valence-electron chi connectivity index (χ1n) is 4.40. The summed E-state index contributed by atoms with van der Waals surface area (Å²) in [6.07, 6.45) is 0.530. The number of fused-ring (bicyclic) bond motifs is 1. The Labute approximate surface area is 86.7 Å². The van der Waals surface area contributed by atoms with Gasteiger partial charge in [0.2, 0.25) is 0 Å². The zero-order valence-corrected chi connectivity index (χ0v) is 8.21. The standard InChI is InChI=1S/C10H10ClNO2/c11-8-2-1-6-4-9(10(13)14)12-5-7(6)3-8/h1-3,9,12H,4-5H2,(H,13,14). The van der Waals surface area contributed by atoms with E-state index in [1.54, 1.807) is 6.07 Å². The second-order valence-electron chi connectivity index (χ2n) is 3.39. The molecule has 14 heavy (non-hydrogen) atoms. The van der Waals surface area contributed by atoms with Crippen LogP contribution in [0.3, 0.4) is 0 Å². The molecule has 0 aromatic heterocycles. The van der Waals surface area contributed by atoms with Gasteiger partial charge in [-0.3, -0.25) is 4.79 Å². The molecule has 0 saturated carbocycles. The van der Waals surface area contributed by atoms with E-state index in [-0.39, 0.29) is 0 Å². The van der Waals surface area contributed by atoms with Gasteiger partial charge in [-0.1, -0.05) is 17.7 Å². The van der Waals surface area contributed by atoms with Crippen molar-refractivity contribution in [2.45, 2.75) is 19.0 Å². The summed E-state index contributed by atoms with van der Waals surface area (Å²) in [6.45, 7) is 0.576. The number of hydrogen-bond donors (Lipinski definition) is 2. The second kappa shape index (κ2) is 3.59. The summed E-state index contributed by atoms with van der Waals surface area (Å²) in [7, 11) is 0. The molecule has 0 radical (unpaired) electrons. The Bertz CT molecular complexity index is 378. The maximum absolute atomic E-state index is 10.7. The molecule has 1 atom stereocenters. The molecule has 0 aliphatic carbocycles. The number of nitrogens with one attached hydrogen (secondary N) is 1. The van der Waals surface area contributed by atoms with Gasteiger partial charge in [-0.2, -0.15) is 0 Å². The Balaban J connectivity index is 2.27. The number of benzene rings is 1. The fourth-order valence-electron chi connectivity index (χ4n) is 1.66. The number of halogens is 1. The first-order valence-corrected chi connectivity index (χ1v) is 4.78. The summed E-state index contributed by atoms with van der Waals surface area (Å²) < 4.78 is 0. The van der Waals surface area contributed by atoms with Gasteiger partial charge in [0.25, 0.3) is 0 Å². The molecule has 0 spiro atoms. The largest absolute Gasteiger partial charge is 0.480 e. The van der Waals surface area contributed by atoms with Crippen LogP contribution in [0.2, 0.25) is 5.02 Å². The van der Waals surface area contributed by atoms with Crippen molar-refractivity contribution < 1.29 is 9.90 Å². The van der Waals surface area contributed by atoms with Crippen LogP contribution >= 0.6 is 11.6 Å². The van der Waals surface area contributed by atoms with Gasteiger partial charge < -0.3 is 10.4 Å². The molecule has 2 N–H and O–H groups in total. The van der Waals surface area contributed by atoms with Crippen molar-refractivity contribution in [3.63, 3.8) is 0 Å². The summed E-state index contributed by atoms with van der Waals surface area (Å²) in [4.78, 5) is 10.7. The highest BCUT2D eigenvalue weighted by molar-refractivity contribution is 6.30. The van der Waals surface area contributed by atoms with Crippen LogP contribution in [0, 0.1) is 0 Å². The number of carboxylic acid groups (broad SMARTS) is 1. The average molecular weight is 212 g/mol. The third-order valence-corrected chi connectivity index (χ3v) is 2.66. The molecule has 0 fully saturated rings. The van der Waals surface area contributed by atoms with Crippen LogP contribution < -0.4 is 5.32 Å². The molecule has 0 saturated heterocycles. The van der Waals surface area contributed by atoms with Gasteiger partial charge in [-0.15, -0.1) is 0 Å². The highest BCUT2D eigenvalue weighted by atomic mass is 35.5. The number of rotatable bonds is 1. The number of aliphatic carboxylic acids is 1. The Morgan fingerprint density at radius 2 is 2.29 bits per heavy atom. The first kappa shape index (κ1) is 9.49. The normalized spacial score (nSPS) is 20.2.